The summed E-state index contributed by atoms with van der Waals surface area (Å²) in [6.45, 7) is 3.67. The first-order chi connectivity index (χ1) is 7.81. The van der Waals surface area contributed by atoms with Crippen LogP contribution in [0, 0.1) is 0 Å². The highest BCUT2D eigenvalue weighted by Gasteiger charge is 2.26. The molecule has 2 aromatic rings. The summed E-state index contributed by atoms with van der Waals surface area (Å²) < 4.78 is 11.9. The molecule has 86 valence electrons. The third-order valence-corrected chi connectivity index (χ3v) is 4.44. The lowest BCUT2D eigenvalue weighted by Crippen LogP contribution is -1.97. The van der Waals surface area contributed by atoms with E-state index in [-0.39, 0.29) is 0 Å². The highest BCUT2D eigenvalue weighted by molar-refractivity contribution is 7.19. The van der Waals surface area contributed by atoms with Crippen molar-refractivity contribution >= 4 is 27.3 Å². The lowest BCUT2D eigenvalue weighted by molar-refractivity contribution is 0.193. The number of anilines is 1. The van der Waals surface area contributed by atoms with Crippen LogP contribution < -0.4 is 5.73 Å². The maximum absolute atomic E-state index is 6.01. The van der Waals surface area contributed by atoms with E-state index in [2.05, 4.69) is 12.1 Å². The van der Waals surface area contributed by atoms with Crippen LogP contribution in [0.3, 0.4) is 0 Å². The zero-order valence-corrected chi connectivity index (χ0v) is 9.97. The van der Waals surface area contributed by atoms with Gasteiger partial charge in [0.15, 0.2) is 0 Å². The van der Waals surface area contributed by atoms with Gasteiger partial charge in [-0.2, -0.15) is 0 Å². The fraction of sp³-hybridized carbons (Fsp3) is 0.545. The Bertz CT molecular complexity index is 511. The molecule has 5 heteroatoms. The van der Waals surface area contributed by atoms with Crippen molar-refractivity contribution in [1.82, 2.24) is 5.16 Å². The number of fused-ring (bicyclic) bond motifs is 1. The summed E-state index contributed by atoms with van der Waals surface area (Å²) >= 11 is 1.71. The molecule has 3 rings (SSSR count). The zero-order chi connectivity index (χ0) is 11.1. The van der Waals surface area contributed by atoms with Crippen LogP contribution in [0.1, 0.15) is 29.8 Å². The number of ether oxygens (including phenoxy) is 1. The van der Waals surface area contributed by atoms with Gasteiger partial charge in [0, 0.05) is 17.4 Å². The first-order valence-corrected chi connectivity index (χ1v) is 6.37. The highest BCUT2D eigenvalue weighted by atomic mass is 32.1. The number of aromatic nitrogens is 1. The Morgan fingerprint density at radius 1 is 1.56 bits per heavy atom. The number of aryl methyl sites for hydroxylation is 1. The summed E-state index contributed by atoms with van der Waals surface area (Å²) in [5.74, 6) is 0.379. The summed E-state index contributed by atoms with van der Waals surface area (Å²) in [6, 6.07) is 0. The van der Waals surface area contributed by atoms with Gasteiger partial charge in [-0.05, 0) is 12.8 Å². The molecule has 1 aliphatic rings. The second-order valence-corrected chi connectivity index (χ2v) is 5.18. The van der Waals surface area contributed by atoms with Crippen LogP contribution in [0.4, 0.5) is 5.69 Å². The zero-order valence-electron chi connectivity index (χ0n) is 9.16. The molecule has 0 aliphatic carbocycles. The van der Waals surface area contributed by atoms with Gasteiger partial charge in [-0.1, -0.05) is 12.1 Å². The molecule has 1 unspecified atom stereocenters. The van der Waals surface area contributed by atoms with Crippen molar-refractivity contribution in [3.63, 3.8) is 0 Å². The molecule has 1 fully saturated rings. The van der Waals surface area contributed by atoms with Crippen LogP contribution in [0.5, 0.6) is 0 Å². The molecule has 1 atom stereocenters. The molecule has 0 radical (unpaired) electrons. The van der Waals surface area contributed by atoms with Crippen molar-refractivity contribution in [2.75, 3.05) is 18.9 Å². The Morgan fingerprint density at radius 3 is 3.12 bits per heavy atom. The molecule has 0 amide bonds. The minimum atomic E-state index is 0.379. The minimum Gasteiger partial charge on any atom is -0.395 e. The van der Waals surface area contributed by atoms with Gasteiger partial charge in [-0.25, -0.2) is 0 Å². The average molecular weight is 238 g/mol. The molecule has 1 saturated heterocycles. The van der Waals surface area contributed by atoms with E-state index in [1.165, 1.54) is 4.88 Å². The van der Waals surface area contributed by atoms with Gasteiger partial charge in [0.1, 0.15) is 10.4 Å². The van der Waals surface area contributed by atoms with Crippen molar-refractivity contribution in [2.24, 2.45) is 0 Å². The second-order valence-electron chi connectivity index (χ2n) is 4.08. The van der Waals surface area contributed by atoms with E-state index >= 15 is 0 Å². The fourth-order valence-corrected chi connectivity index (χ4v) is 3.28. The smallest absolute Gasteiger partial charge is 0.201 e. The number of nitrogens with two attached hydrogens (primary N) is 1. The van der Waals surface area contributed by atoms with E-state index < -0.39 is 0 Å². The molecule has 0 spiro atoms. The van der Waals surface area contributed by atoms with Gasteiger partial charge >= 0.3 is 0 Å². The minimum absolute atomic E-state index is 0.379. The summed E-state index contributed by atoms with van der Waals surface area (Å²) in [5, 5.41) is 4.15. The Kier molecular flexibility index (Phi) is 2.37. The molecular formula is C11H14N2O2S. The Labute approximate surface area is 97.4 Å². The van der Waals surface area contributed by atoms with Crippen molar-refractivity contribution in [3.8, 4) is 0 Å². The Hall–Kier alpha value is -1.07. The van der Waals surface area contributed by atoms with E-state index in [0.29, 0.717) is 5.92 Å². The van der Waals surface area contributed by atoms with Crippen LogP contribution in [0.15, 0.2) is 4.52 Å². The van der Waals surface area contributed by atoms with Gasteiger partial charge in [0.05, 0.1) is 12.3 Å². The van der Waals surface area contributed by atoms with Crippen molar-refractivity contribution in [3.05, 3.63) is 10.6 Å². The second kappa shape index (κ2) is 3.75. The number of hydrogen-bond donors (Lipinski definition) is 1. The maximum atomic E-state index is 6.01. The topological polar surface area (TPSA) is 61.3 Å². The van der Waals surface area contributed by atoms with Gasteiger partial charge in [-0.15, -0.1) is 11.3 Å². The predicted octanol–water partition coefficient (Wildman–Crippen LogP) is 2.54. The molecule has 1 aliphatic heterocycles. The van der Waals surface area contributed by atoms with E-state index in [0.717, 1.165) is 47.7 Å². The molecule has 0 aromatic carbocycles. The van der Waals surface area contributed by atoms with Crippen LogP contribution in [0.2, 0.25) is 0 Å². The van der Waals surface area contributed by atoms with Crippen LogP contribution in [-0.2, 0) is 11.2 Å². The maximum Gasteiger partial charge on any atom is 0.201 e. The molecule has 4 nitrogen and oxygen atoms in total. The predicted molar refractivity (Wildman–Crippen MR) is 63.9 cm³/mol. The van der Waals surface area contributed by atoms with Crippen molar-refractivity contribution in [2.45, 2.75) is 25.7 Å². The standard InChI is InChI=1S/C11H14N2O2S/c1-2-7-8(12)10-11(16-7)9(13-15-10)6-3-4-14-5-6/h6H,2-5,12H2,1H3. The summed E-state index contributed by atoms with van der Waals surface area (Å²) in [5.41, 5.74) is 8.57. The van der Waals surface area contributed by atoms with Gasteiger partial charge in [-0.3, -0.25) is 0 Å². The van der Waals surface area contributed by atoms with E-state index in [1.54, 1.807) is 11.3 Å². The molecular weight excluding hydrogens is 224 g/mol. The van der Waals surface area contributed by atoms with Crippen LogP contribution in [0.25, 0.3) is 10.3 Å². The number of thiophene rings is 1. The third-order valence-electron chi connectivity index (χ3n) is 3.08. The summed E-state index contributed by atoms with van der Waals surface area (Å²) in [7, 11) is 0. The van der Waals surface area contributed by atoms with E-state index in [9.17, 15) is 0 Å². The van der Waals surface area contributed by atoms with Gasteiger partial charge in [0.25, 0.3) is 0 Å². The lowest BCUT2D eigenvalue weighted by Gasteiger charge is -2.00. The third kappa shape index (κ3) is 1.35. The van der Waals surface area contributed by atoms with Crippen molar-refractivity contribution < 1.29 is 9.26 Å². The molecule has 0 saturated carbocycles. The fourth-order valence-electron chi connectivity index (χ4n) is 2.14. The largest absolute Gasteiger partial charge is 0.395 e. The number of hydrogen-bond acceptors (Lipinski definition) is 5. The van der Waals surface area contributed by atoms with E-state index in [1.807, 2.05) is 0 Å². The molecule has 2 N–H and O–H groups in total. The lowest BCUT2D eigenvalue weighted by atomic mass is 10.1. The first kappa shape index (κ1) is 10.1. The number of rotatable bonds is 2. The average Bonchev–Trinajstić information content (AvgIpc) is 2.96. The van der Waals surface area contributed by atoms with Crippen molar-refractivity contribution in [1.29, 1.82) is 0 Å². The van der Waals surface area contributed by atoms with Crippen LogP contribution in [-0.4, -0.2) is 18.4 Å². The molecule has 3 heterocycles. The summed E-state index contributed by atoms with van der Waals surface area (Å²) in [4.78, 5) is 1.19. The normalized spacial score (nSPS) is 20.9. The van der Waals surface area contributed by atoms with Gasteiger partial charge < -0.3 is 15.0 Å². The number of nitrogens with zero attached hydrogens (tertiary/aromatic N) is 1. The first-order valence-electron chi connectivity index (χ1n) is 5.55. The quantitative estimate of drug-likeness (QED) is 0.873. The highest BCUT2D eigenvalue weighted by Crippen LogP contribution is 2.40. The summed E-state index contributed by atoms with van der Waals surface area (Å²) in [6.07, 6.45) is 1.97. The van der Waals surface area contributed by atoms with Crippen LogP contribution >= 0.6 is 11.3 Å². The monoisotopic (exact) mass is 238 g/mol. The van der Waals surface area contributed by atoms with E-state index in [4.69, 9.17) is 15.0 Å². The molecule has 16 heavy (non-hydrogen) atoms. The Morgan fingerprint density at radius 2 is 2.44 bits per heavy atom. The Balaban J connectivity index is 2.11. The SMILES string of the molecule is CCc1sc2c(C3CCOC3)noc2c1N. The number of nitrogen functional groups attached to an aromatic ring is 1. The molecule has 0 bridgehead atoms. The molecule has 2 aromatic heterocycles. The van der Waals surface area contributed by atoms with Gasteiger partial charge in [0.2, 0.25) is 5.58 Å².